The molecule has 0 radical (unpaired) electrons. The molecule has 0 fully saturated rings. The lowest BCUT2D eigenvalue weighted by Gasteiger charge is -2.14. The molecule has 0 aliphatic rings. The number of hydrogen-bond donors (Lipinski definition) is 2. The molecule has 0 spiro atoms. The summed E-state index contributed by atoms with van der Waals surface area (Å²) < 4.78 is 11.9. The van der Waals surface area contributed by atoms with Crippen molar-refractivity contribution in [2.24, 2.45) is 0 Å². The van der Waals surface area contributed by atoms with Crippen molar-refractivity contribution in [2.45, 2.75) is 13.5 Å². The van der Waals surface area contributed by atoms with Crippen LogP contribution in [0.3, 0.4) is 0 Å². The molecule has 4 rings (SSSR count). The minimum absolute atomic E-state index is 0.226. The molecule has 32 heavy (non-hydrogen) atoms. The monoisotopic (exact) mass is 510 g/mol. The number of benzene rings is 2. The Bertz CT molecular complexity index is 1270. The molecule has 9 heteroatoms. The average Bonchev–Trinajstić information content (AvgIpc) is 3.22. The molecule has 2 aromatic carbocycles. The highest BCUT2D eigenvalue weighted by molar-refractivity contribution is 9.10. The van der Waals surface area contributed by atoms with Crippen molar-refractivity contribution in [1.29, 1.82) is 0 Å². The van der Waals surface area contributed by atoms with E-state index in [2.05, 4.69) is 36.5 Å². The lowest BCUT2D eigenvalue weighted by atomic mass is 10.1. The summed E-state index contributed by atoms with van der Waals surface area (Å²) >= 11 is 8.69. The van der Waals surface area contributed by atoms with Crippen molar-refractivity contribution in [2.75, 3.05) is 7.11 Å². The number of oxazole rings is 1. The highest BCUT2D eigenvalue weighted by Gasteiger charge is 2.16. The van der Waals surface area contributed by atoms with Gasteiger partial charge < -0.3 is 14.5 Å². The van der Waals surface area contributed by atoms with Crippen LogP contribution in [0.15, 0.2) is 63.6 Å². The standard InChI is InChI=1S/C23H19BrN4O3S/c1-13-10-16(24)11-17(19(13)30-2)21(29)28-23(32)26-12-14-5-7-15(8-6-14)22-27-20-18(31-22)4-3-9-25-20/h3-11H,12H2,1-2H3,(H2,26,28,29,32). The van der Waals surface area contributed by atoms with E-state index in [4.69, 9.17) is 21.4 Å². The van der Waals surface area contributed by atoms with Gasteiger partial charge in [-0.1, -0.05) is 28.1 Å². The maximum atomic E-state index is 12.7. The van der Waals surface area contributed by atoms with Crippen LogP contribution in [0.1, 0.15) is 21.5 Å². The van der Waals surface area contributed by atoms with Gasteiger partial charge in [-0.3, -0.25) is 10.1 Å². The summed E-state index contributed by atoms with van der Waals surface area (Å²) in [6.07, 6.45) is 1.68. The van der Waals surface area contributed by atoms with E-state index >= 15 is 0 Å². The Kier molecular flexibility index (Phi) is 6.48. The number of hydrogen-bond acceptors (Lipinski definition) is 6. The fourth-order valence-corrected chi connectivity index (χ4v) is 3.96. The number of carbonyl (C=O) groups excluding carboxylic acids is 1. The molecule has 162 valence electrons. The van der Waals surface area contributed by atoms with E-state index in [1.807, 2.05) is 49.4 Å². The van der Waals surface area contributed by atoms with Gasteiger partial charge in [-0.05, 0) is 66.7 Å². The average molecular weight is 511 g/mol. The smallest absolute Gasteiger partial charge is 0.261 e. The van der Waals surface area contributed by atoms with Gasteiger partial charge in [0.05, 0.1) is 12.7 Å². The normalized spacial score (nSPS) is 10.7. The van der Waals surface area contributed by atoms with Gasteiger partial charge in [-0.25, -0.2) is 4.98 Å². The minimum Gasteiger partial charge on any atom is -0.496 e. The molecule has 0 saturated carbocycles. The molecule has 0 bridgehead atoms. The predicted molar refractivity (Wildman–Crippen MR) is 130 cm³/mol. The van der Waals surface area contributed by atoms with Crippen molar-refractivity contribution in [3.8, 4) is 17.2 Å². The fourth-order valence-electron chi connectivity index (χ4n) is 3.22. The Labute approximate surface area is 198 Å². The van der Waals surface area contributed by atoms with Crippen molar-refractivity contribution >= 4 is 50.4 Å². The molecule has 0 aliphatic heterocycles. The maximum Gasteiger partial charge on any atom is 0.261 e. The van der Waals surface area contributed by atoms with Crippen LogP contribution in [0.5, 0.6) is 5.75 Å². The van der Waals surface area contributed by atoms with Crippen LogP contribution in [-0.4, -0.2) is 28.1 Å². The summed E-state index contributed by atoms with van der Waals surface area (Å²) in [6, 6.07) is 14.9. The van der Waals surface area contributed by atoms with E-state index in [0.29, 0.717) is 35.0 Å². The second-order valence-corrected chi connectivity index (χ2v) is 8.31. The zero-order valence-corrected chi connectivity index (χ0v) is 19.7. The van der Waals surface area contributed by atoms with Crippen molar-refractivity contribution in [3.63, 3.8) is 0 Å². The number of thiocarbonyl (C=S) groups is 1. The van der Waals surface area contributed by atoms with Crippen molar-refractivity contribution in [3.05, 3.63) is 75.9 Å². The molecule has 0 aliphatic carbocycles. The number of fused-ring (bicyclic) bond motifs is 1. The number of nitrogens with one attached hydrogen (secondary N) is 2. The Balaban J connectivity index is 1.37. The van der Waals surface area contributed by atoms with Crippen molar-refractivity contribution in [1.82, 2.24) is 20.6 Å². The van der Waals surface area contributed by atoms with Gasteiger partial charge in [0, 0.05) is 22.8 Å². The van der Waals surface area contributed by atoms with Crippen LogP contribution in [0, 0.1) is 6.92 Å². The molecule has 7 nitrogen and oxygen atoms in total. The quantitative estimate of drug-likeness (QED) is 0.373. The van der Waals surface area contributed by atoms with Crippen LogP contribution in [-0.2, 0) is 6.54 Å². The van der Waals surface area contributed by atoms with Crippen LogP contribution >= 0.6 is 28.1 Å². The van der Waals surface area contributed by atoms with Crippen LogP contribution in [0.25, 0.3) is 22.7 Å². The van der Waals surface area contributed by atoms with Gasteiger partial charge >= 0.3 is 0 Å². The molecule has 2 N–H and O–H groups in total. The highest BCUT2D eigenvalue weighted by Crippen LogP contribution is 2.28. The highest BCUT2D eigenvalue weighted by atomic mass is 79.9. The molecule has 1 amide bonds. The zero-order valence-electron chi connectivity index (χ0n) is 17.3. The number of ether oxygens (including phenoxy) is 1. The third-order valence-corrected chi connectivity index (χ3v) is 5.44. The number of rotatable bonds is 5. The third-order valence-electron chi connectivity index (χ3n) is 4.73. The molecule has 2 heterocycles. The number of aryl methyl sites for hydroxylation is 1. The maximum absolute atomic E-state index is 12.7. The fraction of sp³-hybridized carbons (Fsp3) is 0.130. The topological polar surface area (TPSA) is 89.3 Å². The third kappa shape index (κ3) is 4.79. The van der Waals surface area contributed by atoms with Crippen LogP contribution < -0.4 is 15.4 Å². The first-order chi connectivity index (χ1) is 15.4. The largest absolute Gasteiger partial charge is 0.496 e. The predicted octanol–water partition coefficient (Wildman–Crippen LogP) is 4.77. The first kappa shape index (κ1) is 21.9. The van der Waals surface area contributed by atoms with E-state index in [9.17, 15) is 4.79 Å². The summed E-state index contributed by atoms with van der Waals surface area (Å²) in [4.78, 5) is 21.2. The first-order valence-corrected chi connectivity index (χ1v) is 10.9. The Hall–Kier alpha value is -3.30. The number of nitrogens with zero attached hydrogens (tertiary/aromatic N) is 2. The molecule has 0 saturated heterocycles. The second kappa shape index (κ2) is 9.46. The summed E-state index contributed by atoms with van der Waals surface area (Å²) in [6.45, 7) is 2.32. The number of halogens is 1. The Morgan fingerprint density at radius 3 is 2.72 bits per heavy atom. The van der Waals surface area contributed by atoms with Crippen LogP contribution in [0.2, 0.25) is 0 Å². The van der Waals surface area contributed by atoms with Crippen LogP contribution in [0.4, 0.5) is 0 Å². The van der Waals surface area contributed by atoms with Gasteiger partial charge in [-0.15, -0.1) is 0 Å². The lowest BCUT2D eigenvalue weighted by molar-refractivity contribution is 0.0973. The first-order valence-electron chi connectivity index (χ1n) is 9.69. The lowest BCUT2D eigenvalue weighted by Crippen LogP contribution is -2.39. The number of aromatic nitrogens is 2. The summed E-state index contributed by atoms with van der Waals surface area (Å²) in [5, 5.41) is 5.97. The molecule has 2 aromatic heterocycles. The van der Waals surface area contributed by atoms with E-state index in [1.54, 1.807) is 12.3 Å². The van der Waals surface area contributed by atoms with E-state index in [-0.39, 0.29) is 11.0 Å². The molecular formula is C23H19BrN4O3S. The van der Waals surface area contributed by atoms with Gasteiger partial charge in [0.25, 0.3) is 5.91 Å². The molecular weight excluding hydrogens is 492 g/mol. The Morgan fingerprint density at radius 2 is 2.00 bits per heavy atom. The molecule has 4 aromatic rings. The van der Waals surface area contributed by atoms with E-state index in [0.717, 1.165) is 21.2 Å². The second-order valence-electron chi connectivity index (χ2n) is 6.98. The summed E-state index contributed by atoms with van der Waals surface area (Å²) in [7, 11) is 1.53. The number of pyridine rings is 1. The SMILES string of the molecule is COc1c(C)cc(Br)cc1C(=O)NC(=S)NCc1ccc(-c2nc3ncccc3o2)cc1. The van der Waals surface area contributed by atoms with Gasteiger partial charge in [0.15, 0.2) is 16.3 Å². The number of amides is 1. The molecule has 0 atom stereocenters. The van der Waals surface area contributed by atoms with E-state index in [1.165, 1.54) is 7.11 Å². The Morgan fingerprint density at radius 1 is 1.22 bits per heavy atom. The van der Waals surface area contributed by atoms with Gasteiger partial charge in [0.2, 0.25) is 5.89 Å². The zero-order chi connectivity index (χ0) is 22.7. The molecule has 0 unspecified atom stereocenters. The van der Waals surface area contributed by atoms with Gasteiger partial charge in [0.1, 0.15) is 5.75 Å². The number of carbonyl (C=O) groups is 1. The summed E-state index contributed by atoms with van der Waals surface area (Å²) in [5.74, 6) is 0.682. The summed E-state index contributed by atoms with van der Waals surface area (Å²) in [5.41, 5.74) is 4.30. The van der Waals surface area contributed by atoms with Gasteiger partial charge in [-0.2, -0.15) is 4.98 Å². The minimum atomic E-state index is -0.344. The van der Waals surface area contributed by atoms with Crippen molar-refractivity contribution < 1.29 is 13.9 Å². The number of methoxy groups -OCH3 is 1. The van der Waals surface area contributed by atoms with E-state index < -0.39 is 0 Å².